The second-order valence-corrected chi connectivity index (χ2v) is 5.24. The predicted octanol–water partition coefficient (Wildman–Crippen LogP) is 2.91. The number of ether oxygens (including phenoxy) is 1. The summed E-state index contributed by atoms with van der Waals surface area (Å²) in [6, 6.07) is 8.88. The fourth-order valence-corrected chi connectivity index (χ4v) is 2.28. The fourth-order valence-electron chi connectivity index (χ4n) is 2.28. The molecule has 1 aliphatic heterocycles. The lowest BCUT2D eigenvalue weighted by atomic mass is 9.94. The zero-order valence-corrected chi connectivity index (χ0v) is 11.0. The first kappa shape index (κ1) is 12.6. The minimum absolute atomic E-state index is 0.154. The molecule has 2 rings (SSSR count). The highest BCUT2D eigenvalue weighted by Crippen LogP contribution is 2.19. The van der Waals surface area contributed by atoms with Crippen LogP contribution in [0.1, 0.15) is 37.8 Å². The zero-order chi connectivity index (χ0) is 12.1. The fraction of sp³-hybridized carbons (Fsp3) is 0.600. The normalized spacial score (nSPS) is 24.8. The first-order valence-corrected chi connectivity index (χ1v) is 6.62. The first-order valence-electron chi connectivity index (χ1n) is 6.62. The van der Waals surface area contributed by atoms with Gasteiger partial charge in [0.25, 0.3) is 0 Å². The molecule has 1 aliphatic rings. The second kappa shape index (κ2) is 5.65. The van der Waals surface area contributed by atoms with E-state index >= 15 is 0 Å². The minimum atomic E-state index is 0.154. The predicted molar refractivity (Wildman–Crippen MR) is 71.1 cm³/mol. The highest BCUT2D eigenvalue weighted by atomic mass is 16.5. The Balaban J connectivity index is 1.87. The Bertz CT molecular complexity index is 338. The van der Waals surface area contributed by atoms with E-state index in [0.717, 1.165) is 32.6 Å². The van der Waals surface area contributed by atoms with Gasteiger partial charge in [0.2, 0.25) is 0 Å². The summed E-state index contributed by atoms with van der Waals surface area (Å²) in [5, 5.41) is 3.63. The van der Waals surface area contributed by atoms with E-state index in [9.17, 15) is 0 Å². The lowest BCUT2D eigenvalue weighted by Gasteiger charge is -2.34. The summed E-state index contributed by atoms with van der Waals surface area (Å²) >= 11 is 0. The van der Waals surface area contributed by atoms with Crippen LogP contribution in [0.3, 0.4) is 0 Å². The number of benzene rings is 1. The van der Waals surface area contributed by atoms with Gasteiger partial charge in [-0.15, -0.1) is 0 Å². The molecule has 0 bridgehead atoms. The number of aryl methyl sites for hydroxylation is 1. The van der Waals surface area contributed by atoms with Crippen LogP contribution < -0.4 is 5.32 Å². The van der Waals surface area contributed by atoms with Gasteiger partial charge in [-0.3, -0.25) is 0 Å². The third kappa shape index (κ3) is 3.55. The Morgan fingerprint density at radius 3 is 2.53 bits per heavy atom. The summed E-state index contributed by atoms with van der Waals surface area (Å²) < 4.78 is 5.55. The molecule has 94 valence electrons. The lowest BCUT2D eigenvalue weighted by Crippen LogP contribution is -2.48. The third-order valence-corrected chi connectivity index (χ3v) is 3.59. The van der Waals surface area contributed by atoms with Crippen LogP contribution in [0.25, 0.3) is 0 Å². The summed E-state index contributed by atoms with van der Waals surface area (Å²) in [4.78, 5) is 0. The van der Waals surface area contributed by atoms with Gasteiger partial charge in [-0.05, 0) is 37.3 Å². The molecule has 1 saturated heterocycles. The molecule has 0 radical (unpaired) electrons. The molecule has 1 aromatic rings. The molecule has 1 aromatic carbocycles. The smallest absolute Gasteiger partial charge is 0.0645 e. The van der Waals surface area contributed by atoms with Crippen LogP contribution in [-0.2, 0) is 17.7 Å². The molecule has 1 unspecified atom stereocenters. The Morgan fingerprint density at radius 1 is 1.24 bits per heavy atom. The molecule has 0 amide bonds. The van der Waals surface area contributed by atoms with Crippen LogP contribution in [0.5, 0.6) is 0 Å². The topological polar surface area (TPSA) is 21.3 Å². The van der Waals surface area contributed by atoms with Gasteiger partial charge in [0.05, 0.1) is 6.61 Å². The molecule has 2 heteroatoms. The van der Waals surface area contributed by atoms with Gasteiger partial charge >= 0.3 is 0 Å². The van der Waals surface area contributed by atoms with Crippen molar-refractivity contribution in [3.05, 3.63) is 35.4 Å². The van der Waals surface area contributed by atoms with Crippen molar-refractivity contribution in [2.45, 2.75) is 45.2 Å². The Labute approximate surface area is 104 Å². The van der Waals surface area contributed by atoms with Crippen molar-refractivity contribution < 1.29 is 4.74 Å². The van der Waals surface area contributed by atoms with Gasteiger partial charge in [0.15, 0.2) is 0 Å². The van der Waals surface area contributed by atoms with Crippen LogP contribution in [0, 0.1) is 0 Å². The van der Waals surface area contributed by atoms with E-state index in [1.807, 2.05) is 0 Å². The van der Waals surface area contributed by atoms with E-state index in [2.05, 4.69) is 43.4 Å². The standard InChI is InChI=1S/C15H23NO/c1-3-13-5-7-14(8-6-13)11-16-15(2)9-4-10-17-12-15/h5-8,16H,3-4,9-12H2,1-2H3. The zero-order valence-electron chi connectivity index (χ0n) is 11.0. The van der Waals surface area contributed by atoms with Crippen molar-refractivity contribution in [3.8, 4) is 0 Å². The molecule has 1 atom stereocenters. The first-order chi connectivity index (χ1) is 8.22. The maximum absolute atomic E-state index is 5.55. The summed E-state index contributed by atoms with van der Waals surface area (Å²) in [7, 11) is 0. The van der Waals surface area contributed by atoms with Crippen LogP contribution in [-0.4, -0.2) is 18.8 Å². The molecule has 0 aliphatic carbocycles. The van der Waals surface area contributed by atoms with E-state index in [4.69, 9.17) is 4.74 Å². The SMILES string of the molecule is CCc1ccc(CNC2(C)CCCOC2)cc1. The highest BCUT2D eigenvalue weighted by Gasteiger charge is 2.26. The quantitative estimate of drug-likeness (QED) is 0.863. The van der Waals surface area contributed by atoms with Gasteiger partial charge < -0.3 is 10.1 Å². The number of nitrogens with one attached hydrogen (secondary N) is 1. The Morgan fingerprint density at radius 2 is 1.94 bits per heavy atom. The lowest BCUT2D eigenvalue weighted by molar-refractivity contribution is 0.0278. The molecule has 1 fully saturated rings. The molecule has 0 saturated carbocycles. The van der Waals surface area contributed by atoms with Crippen molar-refractivity contribution in [1.29, 1.82) is 0 Å². The van der Waals surface area contributed by atoms with Crippen LogP contribution in [0.15, 0.2) is 24.3 Å². The van der Waals surface area contributed by atoms with E-state index in [1.165, 1.54) is 17.5 Å². The average molecular weight is 233 g/mol. The summed E-state index contributed by atoms with van der Waals surface area (Å²) in [5.74, 6) is 0. The molecular formula is C15H23NO. The largest absolute Gasteiger partial charge is 0.380 e. The van der Waals surface area contributed by atoms with Gasteiger partial charge in [0, 0.05) is 18.7 Å². The highest BCUT2D eigenvalue weighted by molar-refractivity contribution is 5.22. The number of hydrogen-bond donors (Lipinski definition) is 1. The van der Waals surface area contributed by atoms with E-state index in [0.29, 0.717) is 0 Å². The maximum atomic E-state index is 5.55. The van der Waals surface area contributed by atoms with Crippen LogP contribution >= 0.6 is 0 Å². The average Bonchev–Trinajstić information content (AvgIpc) is 2.38. The molecular weight excluding hydrogens is 210 g/mol. The molecule has 0 spiro atoms. The van der Waals surface area contributed by atoms with Gasteiger partial charge in [-0.1, -0.05) is 31.2 Å². The minimum Gasteiger partial charge on any atom is -0.380 e. The summed E-state index contributed by atoms with van der Waals surface area (Å²) in [5.41, 5.74) is 2.91. The van der Waals surface area contributed by atoms with Crippen molar-refractivity contribution >= 4 is 0 Å². The van der Waals surface area contributed by atoms with Crippen molar-refractivity contribution in [2.75, 3.05) is 13.2 Å². The molecule has 1 N–H and O–H groups in total. The van der Waals surface area contributed by atoms with Crippen LogP contribution in [0.4, 0.5) is 0 Å². The van der Waals surface area contributed by atoms with E-state index < -0.39 is 0 Å². The molecule has 17 heavy (non-hydrogen) atoms. The van der Waals surface area contributed by atoms with E-state index in [-0.39, 0.29) is 5.54 Å². The number of hydrogen-bond acceptors (Lipinski definition) is 2. The molecule has 0 aromatic heterocycles. The summed E-state index contributed by atoms with van der Waals surface area (Å²) in [6.07, 6.45) is 3.48. The molecule has 1 heterocycles. The molecule has 2 nitrogen and oxygen atoms in total. The summed E-state index contributed by atoms with van der Waals surface area (Å²) in [6.45, 7) is 7.13. The Hall–Kier alpha value is -0.860. The van der Waals surface area contributed by atoms with Crippen molar-refractivity contribution in [3.63, 3.8) is 0 Å². The van der Waals surface area contributed by atoms with Gasteiger partial charge in [-0.25, -0.2) is 0 Å². The Kier molecular flexibility index (Phi) is 4.19. The van der Waals surface area contributed by atoms with Gasteiger partial charge in [0.1, 0.15) is 0 Å². The third-order valence-electron chi connectivity index (χ3n) is 3.59. The maximum Gasteiger partial charge on any atom is 0.0645 e. The number of rotatable bonds is 4. The van der Waals surface area contributed by atoms with Crippen molar-refractivity contribution in [2.24, 2.45) is 0 Å². The van der Waals surface area contributed by atoms with Crippen LogP contribution in [0.2, 0.25) is 0 Å². The van der Waals surface area contributed by atoms with Crippen molar-refractivity contribution in [1.82, 2.24) is 5.32 Å². The van der Waals surface area contributed by atoms with Gasteiger partial charge in [-0.2, -0.15) is 0 Å². The second-order valence-electron chi connectivity index (χ2n) is 5.24. The van der Waals surface area contributed by atoms with E-state index in [1.54, 1.807) is 0 Å². The monoisotopic (exact) mass is 233 g/mol.